The zero-order valence-corrected chi connectivity index (χ0v) is 11.0. The van der Waals surface area contributed by atoms with Crippen molar-refractivity contribution in [2.45, 2.75) is 18.1 Å². The number of methoxy groups -OCH3 is 1. The zero-order chi connectivity index (χ0) is 12.7. The van der Waals surface area contributed by atoms with E-state index >= 15 is 0 Å². The van der Waals surface area contributed by atoms with Crippen molar-refractivity contribution in [3.8, 4) is 0 Å². The molecular formula is C14H15NO2S. The van der Waals surface area contributed by atoms with Crippen LogP contribution in [0.25, 0.3) is 0 Å². The maximum Gasteiger partial charge on any atom is 0.346 e. The number of rotatable bonds is 1. The van der Waals surface area contributed by atoms with Gasteiger partial charge in [-0.3, -0.25) is 0 Å². The minimum atomic E-state index is -0.301. The second-order valence-electron chi connectivity index (χ2n) is 4.66. The maximum absolute atomic E-state index is 11.7. The molecule has 3 nitrogen and oxygen atoms in total. The summed E-state index contributed by atoms with van der Waals surface area (Å²) in [4.78, 5) is 12.3. The van der Waals surface area contributed by atoms with Crippen LogP contribution in [0.1, 0.15) is 22.8 Å². The van der Waals surface area contributed by atoms with Gasteiger partial charge in [0.1, 0.15) is 4.91 Å². The molecule has 1 aliphatic carbocycles. The summed E-state index contributed by atoms with van der Waals surface area (Å²) >= 11 is 1.56. The summed E-state index contributed by atoms with van der Waals surface area (Å²) in [5.41, 5.74) is 9.54. The minimum absolute atomic E-state index is 0.277. The third kappa shape index (κ3) is 1.63. The van der Waals surface area contributed by atoms with Gasteiger partial charge < -0.3 is 10.5 Å². The number of thioether (sulfide) groups is 1. The quantitative estimate of drug-likeness (QED) is 0.789. The third-order valence-corrected chi connectivity index (χ3v) is 5.20. The van der Waals surface area contributed by atoms with Gasteiger partial charge in [0.15, 0.2) is 0 Å². The maximum atomic E-state index is 11.7. The molecule has 94 valence electrons. The van der Waals surface area contributed by atoms with Crippen LogP contribution in [0.2, 0.25) is 0 Å². The van der Waals surface area contributed by atoms with E-state index in [-0.39, 0.29) is 17.1 Å². The van der Waals surface area contributed by atoms with Crippen molar-refractivity contribution in [1.82, 2.24) is 0 Å². The van der Waals surface area contributed by atoms with Crippen molar-refractivity contribution in [3.63, 3.8) is 0 Å². The lowest BCUT2D eigenvalue weighted by atomic mass is 9.82. The molecule has 0 spiro atoms. The van der Waals surface area contributed by atoms with E-state index in [9.17, 15) is 4.79 Å². The lowest BCUT2D eigenvalue weighted by molar-refractivity contribution is -0.135. The van der Waals surface area contributed by atoms with Crippen LogP contribution < -0.4 is 5.73 Å². The number of carbonyl (C=O) groups is 1. The Kier molecular flexibility index (Phi) is 2.82. The van der Waals surface area contributed by atoms with Gasteiger partial charge in [-0.05, 0) is 24.0 Å². The molecule has 0 amide bonds. The van der Waals surface area contributed by atoms with Crippen molar-refractivity contribution in [3.05, 3.63) is 46.0 Å². The fourth-order valence-corrected chi connectivity index (χ4v) is 4.33. The van der Waals surface area contributed by atoms with Gasteiger partial charge in [0.05, 0.1) is 7.11 Å². The van der Waals surface area contributed by atoms with Crippen molar-refractivity contribution in [2.75, 3.05) is 7.11 Å². The fraction of sp³-hybridized carbons (Fsp3) is 0.357. The Morgan fingerprint density at radius 3 is 3.00 bits per heavy atom. The first-order chi connectivity index (χ1) is 8.72. The Morgan fingerprint density at radius 1 is 1.44 bits per heavy atom. The summed E-state index contributed by atoms with van der Waals surface area (Å²) in [6.45, 7) is 0. The summed E-state index contributed by atoms with van der Waals surface area (Å²) < 4.78 is 4.80. The van der Waals surface area contributed by atoms with Crippen molar-refractivity contribution >= 4 is 17.7 Å². The van der Waals surface area contributed by atoms with Crippen LogP contribution in [-0.4, -0.2) is 13.1 Å². The molecule has 3 rings (SSSR count). The molecular weight excluding hydrogens is 246 g/mol. The number of allylic oxidation sites excluding steroid dienone is 1. The van der Waals surface area contributed by atoms with Crippen LogP contribution >= 0.6 is 11.8 Å². The first-order valence-electron chi connectivity index (χ1n) is 6.04. The largest absolute Gasteiger partial charge is 0.465 e. The second kappa shape index (κ2) is 4.35. The third-order valence-electron chi connectivity index (χ3n) is 3.73. The smallest absolute Gasteiger partial charge is 0.346 e. The van der Waals surface area contributed by atoms with Crippen LogP contribution in [0, 0.1) is 5.92 Å². The highest BCUT2D eigenvalue weighted by Crippen LogP contribution is 2.54. The Bertz CT molecular complexity index is 538. The summed E-state index contributed by atoms with van der Waals surface area (Å²) in [6, 6.07) is 8.43. The number of nitrogens with two attached hydrogens (primary N) is 1. The average Bonchev–Trinajstić information content (AvgIpc) is 2.76. The van der Waals surface area contributed by atoms with Crippen LogP contribution in [0.4, 0.5) is 0 Å². The first-order valence-corrected chi connectivity index (χ1v) is 6.92. The lowest BCUT2D eigenvalue weighted by Crippen LogP contribution is -2.20. The highest BCUT2D eigenvalue weighted by atomic mass is 32.2. The molecule has 1 heterocycles. The van der Waals surface area contributed by atoms with E-state index in [4.69, 9.17) is 10.5 Å². The zero-order valence-electron chi connectivity index (χ0n) is 10.2. The summed E-state index contributed by atoms with van der Waals surface area (Å²) in [5, 5.41) is 0.282. The van der Waals surface area contributed by atoms with E-state index in [2.05, 4.69) is 18.2 Å². The van der Waals surface area contributed by atoms with E-state index < -0.39 is 0 Å². The molecule has 2 aliphatic rings. The van der Waals surface area contributed by atoms with Crippen molar-refractivity contribution in [1.29, 1.82) is 0 Å². The molecule has 0 radical (unpaired) electrons. The van der Waals surface area contributed by atoms with Gasteiger partial charge >= 0.3 is 5.97 Å². The molecule has 0 fully saturated rings. The Hall–Kier alpha value is -1.42. The second-order valence-corrected chi connectivity index (χ2v) is 5.81. The predicted octanol–water partition coefficient (Wildman–Crippen LogP) is 2.38. The first kappa shape index (κ1) is 11.7. The van der Waals surface area contributed by atoms with Crippen LogP contribution in [0.15, 0.2) is 34.9 Å². The summed E-state index contributed by atoms with van der Waals surface area (Å²) in [5.74, 6) is -0.0246. The molecule has 0 bridgehead atoms. The van der Waals surface area contributed by atoms with E-state index in [0.717, 1.165) is 12.8 Å². The number of benzene rings is 1. The molecule has 0 unspecified atom stereocenters. The molecule has 4 heteroatoms. The standard InChI is InChI=1S/C14H15NO2S/c1-17-14(16)13-11(15)10-7-6-8-4-2-3-5-9(8)12(10)18-13/h2-5,10,12H,6-7,15H2,1H3/t10-,12-/m0/s1. The number of esters is 1. The molecule has 0 aromatic heterocycles. The average molecular weight is 261 g/mol. The normalized spacial score (nSPS) is 25.6. The van der Waals surface area contributed by atoms with Crippen LogP contribution in [-0.2, 0) is 16.0 Å². The molecule has 2 N–H and O–H groups in total. The van der Waals surface area contributed by atoms with Crippen molar-refractivity contribution < 1.29 is 9.53 Å². The molecule has 18 heavy (non-hydrogen) atoms. The van der Waals surface area contributed by atoms with Gasteiger partial charge in [-0.25, -0.2) is 4.79 Å². The van der Waals surface area contributed by atoms with E-state index in [1.165, 1.54) is 18.2 Å². The lowest BCUT2D eigenvalue weighted by Gasteiger charge is -2.28. The minimum Gasteiger partial charge on any atom is -0.465 e. The number of aryl methyl sites for hydroxylation is 1. The fourth-order valence-electron chi connectivity index (χ4n) is 2.80. The molecule has 1 aliphatic heterocycles. The Morgan fingerprint density at radius 2 is 2.22 bits per heavy atom. The number of carbonyl (C=O) groups excluding carboxylic acids is 1. The topological polar surface area (TPSA) is 52.3 Å². The van der Waals surface area contributed by atoms with Gasteiger partial charge in [0, 0.05) is 16.9 Å². The highest BCUT2D eigenvalue weighted by molar-refractivity contribution is 8.04. The molecule has 0 saturated heterocycles. The van der Waals surface area contributed by atoms with E-state index in [1.807, 2.05) is 6.07 Å². The van der Waals surface area contributed by atoms with Crippen LogP contribution in [0.3, 0.4) is 0 Å². The molecule has 2 atom stereocenters. The Balaban J connectivity index is 1.98. The SMILES string of the molecule is COC(=O)C1=C(N)[C@@H]2CCc3ccccc3[C@@H]2S1. The van der Waals surface area contributed by atoms with Gasteiger partial charge in [-0.15, -0.1) is 11.8 Å². The number of hydrogen-bond acceptors (Lipinski definition) is 4. The van der Waals surface area contributed by atoms with E-state index in [1.54, 1.807) is 11.8 Å². The monoisotopic (exact) mass is 261 g/mol. The number of ether oxygens (including phenoxy) is 1. The molecule has 1 aromatic carbocycles. The van der Waals surface area contributed by atoms with Gasteiger partial charge in [0.25, 0.3) is 0 Å². The van der Waals surface area contributed by atoms with Gasteiger partial charge in [-0.2, -0.15) is 0 Å². The van der Waals surface area contributed by atoms with Crippen LogP contribution in [0.5, 0.6) is 0 Å². The Labute approximate surface area is 110 Å². The van der Waals surface area contributed by atoms with Gasteiger partial charge in [0.2, 0.25) is 0 Å². The number of hydrogen-bond donors (Lipinski definition) is 1. The van der Waals surface area contributed by atoms with Crippen molar-refractivity contribution in [2.24, 2.45) is 11.7 Å². The summed E-state index contributed by atoms with van der Waals surface area (Å²) in [6.07, 6.45) is 2.05. The van der Waals surface area contributed by atoms with Gasteiger partial charge in [-0.1, -0.05) is 24.3 Å². The molecule has 1 aromatic rings. The van der Waals surface area contributed by atoms with E-state index in [0.29, 0.717) is 10.6 Å². The number of fused-ring (bicyclic) bond motifs is 3. The summed E-state index contributed by atoms with van der Waals surface area (Å²) in [7, 11) is 1.40. The predicted molar refractivity (Wildman–Crippen MR) is 71.8 cm³/mol. The highest BCUT2D eigenvalue weighted by Gasteiger charge is 2.41. The molecule has 0 saturated carbocycles.